The van der Waals surface area contributed by atoms with Crippen LogP contribution in [0, 0.1) is 0 Å². The molecule has 0 saturated heterocycles. The van der Waals surface area contributed by atoms with Crippen molar-refractivity contribution >= 4 is 0 Å². The van der Waals surface area contributed by atoms with Gasteiger partial charge in [0.2, 0.25) is 0 Å². The Morgan fingerprint density at radius 1 is 1.16 bits per heavy atom. The molecular weight excluding hydrogens is 236 g/mol. The number of phenolic OH excluding ortho intramolecular Hbond substituents is 1. The highest BCUT2D eigenvalue weighted by molar-refractivity contribution is 5.52. The molecule has 98 valence electrons. The smallest absolute Gasteiger partial charge is 0.164 e. The molecule has 2 aromatic carbocycles. The van der Waals surface area contributed by atoms with Crippen molar-refractivity contribution in [3.8, 4) is 11.5 Å². The van der Waals surface area contributed by atoms with Gasteiger partial charge in [-0.05, 0) is 23.6 Å². The number of benzene rings is 2. The molecule has 0 radical (unpaired) electrons. The van der Waals surface area contributed by atoms with Crippen molar-refractivity contribution in [2.24, 2.45) is 0 Å². The molecular formula is C17H18O2. The molecule has 0 heterocycles. The first-order chi connectivity index (χ1) is 9.26. The van der Waals surface area contributed by atoms with Crippen molar-refractivity contribution in [3.05, 3.63) is 71.8 Å². The number of phenols is 1. The second-order valence-electron chi connectivity index (χ2n) is 4.41. The summed E-state index contributed by atoms with van der Waals surface area (Å²) in [6.45, 7) is 3.78. The minimum absolute atomic E-state index is 0.182. The topological polar surface area (TPSA) is 29.5 Å². The summed E-state index contributed by atoms with van der Waals surface area (Å²) in [5, 5.41) is 9.91. The predicted molar refractivity (Wildman–Crippen MR) is 77.8 cm³/mol. The van der Waals surface area contributed by atoms with Crippen LogP contribution in [0.5, 0.6) is 11.5 Å². The Kier molecular flexibility index (Phi) is 4.24. The van der Waals surface area contributed by atoms with Crippen molar-refractivity contribution in [2.75, 3.05) is 7.11 Å². The number of hydrogen-bond donors (Lipinski definition) is 1. The maximum absolute atomic E-state index is 9.91. The van der Waals surface area contributed by atoms with Crippen molar-refractivity contribution in [3.63, 3.8) is 0 Å². The minimum atomic E-state index is 0.182. The van der Waals surface area contributed by atoms with Gasteiger partial charge in [-0.3, -0.25) is 0 Å². The molecule has 19 heavy (non-hydrogen) atoms. The fourth-order valence-electron chi connectivity index (χ4n) is 2.22. The Labute approximate surface area is 114 Å². The lowest BCUT2D eigenvalue weighted by Crippen LogP contribution is -1.99. The third kappa shape index (κ3) is 2.97. The molecule has 2 heteroatoms. The van der Waals surface area contributed by atoms with Crippen LogP contribution in [-0.4, -0.2) is 12.2 Å². The Balaban J connectivity index is 2.46. The average molecular weight is 254 g/mol. The Morgan fingerprint density at radius 2 is 1.89 bits per heavy atom. The van der Waals surface area contributed by atoms with Crippen LogP contribution in [-0.2, 0) is 12.8 Å². The van der Waals surface area contributed by atoms with E-state index in [1.165, 1.54) is 5.56 Å². The maximum atomic E-state index is 9.91. The zero-order chi connectivity index (χ0) is 13.7. The highest BCUT2D eigenvalue weighted by atomic mass is 16.5. The van der Waals surface area contributed by atoms with E-state index in [1.54, 1.807) is 13.2 Å². The van der Waals surface area contributed by atoms with Crippen LogP contribution in [0.1, 0.15) is 16.7 Å². The van der Waals surface area contributed by atoms with E-state index >= 15 is 0 Å². The first-order valence-corrected chi connectivity index (χ1v) is 6.28. The van der Waals surface area contributed by atoms with Gasteiger partial charge in [0.25, 0.3) is 0 Å². The van der Waals surface area contributed by atoms with Gasteiger partial charge < -0.3 is 9.84 Å². The molecule has 0 saturated carbocycles. The van der Waals surface area contributed by atoms with Crippen LogP contribution in [0.4, 0.5) is 0 Å². The van der Waals surface area contributed by atoms with Crippen LogP contribution in [0.2, 0.25) is 0 Å². The molecule has 1 N–H and O–H groups in total. The van der Waals surface area contributed by atoms with Gasteiger partial charge >= 0.3 is 0 Å². The summed E-state index contributed by atoms with van der Waals surface area (Å²) >= 11 is 0. The monoisotopic (exact) mass is 254 g/mol. The first-order valence-electron chi connectivity index (χ1n) is 6.28. The Bertz CT molecular complexity index is 559. The summed E-state index contributed by atoms with van der Waals surface area (Å²) in [5.74, 6) is 0.740. The quantitative estimate of drug-likeness (QED) is 0.824. The summed E-state index contributed by atoms with van der Waals surface area (Å²) in [5.41, 5.74) is 3.35. The SMILES string of the molecule is C=CCc1ccc(O)c(OC)c1Cc1ccccc1. The number of ether oxygens (including phenoxy) is 1. The Morgan fingerprint density at radius 3 is 2.53 bits per heavy atom. The normalized spacial score (nSPS) is 10.2. The van der Waals surface area contributed by atoms with E-state index < -0.39 is 0 Å². The van der Waals surface area contributed by atoms with Gasteiger partial charge in [-0.15, -0.1) is 6.58 Å². The molecule has 2 aromatic rings. The molecule has 0 atom stereocenters. The summed E-state index contributed by atoms with van der Waals surface area (Å²) < 4.78 is 5.35. The minimum Gasteiger partial charge on any atom is -0.504 e. The van der Waals surface area contributed by atoms with Crippen molar-refractivity contribution in [1.82, 2.24) is 0 Å². The van der Waals surface area contributed by atoms with Crippen molar-refractivity contribution in [1.29, 1.82) is 0 Å². The van der Waals surface area contributed by atoms with Crippen LogP contribution in [0.15, 0.2) is 55.1 Å². The molecule has 2 nitrogen and oxygen atoms in total. The van der Waals surface area contributed by atoms with Crippen molar-refractivity contribution < 1.29 is 9.84 Å². The molecule has 0 bridgehead atoms. The van der Waals surface area contributed by atoms with Crippen molar-refractivity contribution in [2.45, 2.75) is 12.8 Å². The molecule has 0 fully saturated rings. The lowest BCUT2D eigenvalue weighted by Gasteiger charge is -2.14. The third-order valence-electron chi connectivity index (χ3n) is 3.13. The molecule has 0 aliphatic carbocycles. The Hall–Kier alpha value is -2.22. The number of hydrogen-bond acceptors (Lipinski definition) is 2. The fourth-order valence-corrected chi connectivity index (χ4v) is 2.22. The number of methoxy groups -OCH3 is 1. The summed E-state index contributed by atoms with van der Waals surface area (Å²) in [7, 11) is 1.58. The van der Waals surface area contributed by atoms with Crippen LogP contribution in [0.3, 0.4) is 0 Å². The van der Waals surface area contributed by atoms with E-state index in [9.17, 15) is 5.11 Å². The fraction of sp³-hybridized carbons (Fsp3) is 0.176. The van der Waals surface area contributed by atoms with E-state index in [2.05, 4.69) is 18.7 Å². The lowest BCUT2D eigenvalue weighted by molar-refractivity contribution is 0.369. The van der Waals surface area contributed by atoms with E-state index in [4.69, 9.17) is 4.74 Å². The summed E-state index contributed by atoms with van der Waals surface area (Å²) in [6, 6.07) is 13.8. The average Bonchev–Trinajstić information content (AvgIpc) is 2.43. The van der Waals surface area contributed by atoms with Gasteiger partial charge in [0.15, 0.2) is 11.5 Å². The number of aromatic hydroxyl groups is 1. The first kappa shape index (κ1) is 13.2. The maximum Gasteiger partial charge on any atom is 0.164 e. The molecule has 0 spiro atoms. The van der Waals surface area contributed by atoms with E-state index in [0.29, 0.717) is 5.75 Å². The standard InChI is InChI=1S/C17H18O2/c1-3-7-14-10-11-16(18)17(19-2)15(14)12-13-8-5-4-6-9-13/h3-6,8-11,18H,1,7,12H2,2H3. The molecule has 0 aliphatic rings. The number of allylic oxidation sites excluding steroid dienone is 1. The van der Waals surface area contributed by atoms with Gasteiger partial charge in [-0.25, -0.2) is 0 Å². The molecule has 0 unspecified atom stereocenters. The van der Waals surface area contributed by atoms with Gasteiger partial charge in [-0.1, -0.05) is 42.5 Å². The zero-order valence-corrected chi connectivity index (χ0v) is 11.1. The molecule has 2 rings (SSSR count). The van der Waals surface area contributed by atoms with E-state index in [-0.39, 0.29) is 5.75 Å². The summed E-state index contributed by atoms with van der Waals surface area (Å²) in [4.78, 5) is 0. The van der Waals surface area contributed by atoms with Gasteiger partial charge in [-0.2, -0.15) is 0 Å². The van der Waals surface area contributed by atoms with E-state index in [1.807, 2.05) is 30.3 Å². The molecule has 0 amide bonds. The number of rotatable bonds is 5. The summed E-state index contributed by atoms with van der Waals surface area (Å²) in [6.07, 6.45) is 3.36. The van der Waals surface area contributed by atoms with E-state index in [0.717, 1.165) is 24.0 Å². The second-order valence-corrected chi connectivity index (χ2v) is 4.41. The van der Waals surface area contributed by atoms with Gasteiger partial charge in [0, 0.05) is 12.0 Å². The largest absolute Gasteiger partial charge is 0.504 e. The predicted octanol–water partition coefficient (Wildman–Crippen LogP) is 3.72. The molecule has 0 aromatic heterocycles. The highest BCUT2D eigenvalue weighted by Crippen LogP contribution is 2.34. The second kappa shape index (κ2) is 6.10. The lowest BCUT2D eigenvalue weighted by atomic mass is 9.96. The zero-order valence-electron chi connectivity index (χ0n) is 11.1. The van der Waals surface area contributed by atoms with Crippen LogP contribution < -0.4 is 4.74 Å². The highest BCUT2D eigenvalue weighted by Gasteiger charge is 2.13. The van der Waals surface area contributed by atoms with Crippen LogP contribution in [0.25, 0.3) is 0 Å². The van der Waals surface area contributed by atoms with Gasteiger partial charge in [0.05, 0.1) is 7.11 Å². The third-order valence-corrected chi connectivity index (χ3v) is 3.13. The van der Waals surface area contributed by atoms with Crippen LogP contribution >= 0.6 is 0 Å². The molecule has 0 aliphatic heterocycles. The van der Waals surface area contributed by atoms with Gasteiger partial charge in [0.1, 0.15) is 0 Å².